The van der Waals surface area contributed by atoms with E-state index in [1.54, 1.807) is 6.07 Å². The molecule has 0 aliphatic carbocycles. The van der Waals surface area contributed by atoms with Crippen LogP contribution in [0.4, 0.5) is 13.2 Å². The van der Waals surface area contributed by atoms with Crippen LogP contribution in [0.1, 0.15) is 25.0 Å². The lowest BCUT2D eigenvalue weighted by atomic mass is 10.1. The number of thioether (sulfide) groups is 1. The minimum Gasteiger partial charge on any atom is -0.492 e. The van der Waals surface area contributed by atoms with Crippen molar-refractivity contribution in [3.63, 3.8) is 0 Å². The Bertz CT molecular complexity index is 435. The second kappa shape index (κ2) is 8.54. The lowest BCUT2D eigenvalue weighted by Gasteiger charge is -2.16. The molecule has 2 nitrogen and oxygen atoms in total. The summed E-state index contributed by atoms with van der Waals surface area (Å²) < 4.78 is 44.5. The van der Waals surface area contributed by atoms with Gasteiger partial charge in [0.15, 0.2) is 0 Å². The van der Waals surface area contributed by atoms with Crippen LogP contribution in [0.3, 0.4) is 0 Å². The zero-order valence-electron chi connectivity index (χ0n) is 12.6. The molecular weight excluding hydrogens is 299 g/mol. The fraction of sp³-hybridized carbons (Fsp3) is 0.600. The van der Waals surface area contributed by atoms with E-state index < -0.39 is 11.7 Å². The molecule has 0 bridgehead atoms. The van der Waals surface area contributed by atoms with Crippen molar-refractivity contribution in [1.82, 2.24) is 5.32 Å². The first-order chi connectivity index (χ1) is 9.84. The van der Waals surface area contributed by atoms with Crippen molar-refractivity contribution in [1.29, 1.82) is 0 Å². The van der Waals surface area contributed by atoms with Crippen LogP contribution in [0.25, 0.3) is 0 Å². The van der Waals surface area contributed by atoms with Gasteiger partial charge in [0, 0.05) is 12.3 Å². The minimum atomic E-state index is -4.40. The maximum atomic E-state index is 13.1. The number of nitrogens with one attached hydrogen (secondary N) is 1. The Balaban J connectivity index is 2.81. The van der Waals surface area contributed by atoms with Gasteiger partial charge in [0.25, 0.3) is 0 Å². The molecule has 1 rings (SSSR count). The lowest BCUT2D eigenvalue weighted by molar-refractivity contribution is -0.138. The topological polar surface area (TPSA) is 21.3 Å². The predicted molar refractivity (Wildman–Crippen MR) is 81.9 cm³/mol. The summed E-state index contributed by atoms with van der Waals surface area (Å²) in [6.07, 6.45) is -2.51. The van der Waals surface area contributed by atoms with Crippen molar-refractivity contribution in [3.8, 4) is 5.75 Å². The molecule has 0 atom stereocenters. The van der Waals surface area contributed by atoms with Crippen LogP contribution >= 0.6 is 11.8 Å². The monoisotopic (exact) mass is 321 g/mol. The fourth-order valence-electron chi connectivity index (χ4n) is 1.77. The summed E-state index contributed by atoms with van der Waals surface area (Å²) in [5.74, 6) is 1.03. The first-order valence-electron chi connectivity index (χ1n) is 6.87. The molecule has 0 spiro atoms. The number of ether oxygens (including phenoxy) is 1. The Hall–Kier alpha value is -0.880. The van der Waals surface area contributed by atoms with Crippen molar-refractivity contribution in [2.24, 2.45) is 5.92 Å². The molecule has 0 saturated carbocycles. The van der Waals surface area contributed by atoms with Gasteiger partial charge >= 0.3 is 6.18 Å². The summed E-state index contributed by atoms with van der Waals surface area (Å²) in [7, 11) is 0. The normalized spacial score (nSPS) is 12.0. The van der Waals surface area contributed by atoms with Gasteiger partial charge < -0.3 is 10.1 Å². The first-order valence-corrected chi connectivity index (χ1v) is 8.26. The van der Waals surface area contributed by atoms with Crippen LogP contribution in [0.2, 0.25) is 0 Å². The highest BCUT2D eigenvalue weighted by Crippen LogP contribution is 2.36. The molecule has 0 aliphatic heterocycles. The Morgan fingerprint density at radius 1 is 1.29 bits per heavy atom. The maximum Gasteiger partial charge on any atom is 0.419 e. The van der Waals surface area contributed by atoms with Gasteiger partial charge in [0.2, 0.25) is 0 Å². The number of alkyl halides is 3. The quantitative estimate of drug-likeness (QED) is 0.725. The SMILES string of the molecule is CSCCOc1ccc(CNCC(C)C)cc1C(F)(F)F. The predicted octanol–water partition coefficient (Wildman–Crippen LogP) is 4.19. The lowest BCUT2D eigenvalue weighted by Crippen LogP contribution is -2.19. The Morgan fingerprint density at radius 3 is 2.57 bits per heavy atom. The van der Waals surface area contributed by atoms with E-state index in [9.17, 15) is 13.2 Å². The number of halogens is 3. The minimum absolute atomic E-state index is 0.0934. The molecule has 0 amide bonds. The second-order valence-corrected chi connectivity index (χ2v) is 6.18. The fourth-order valence-corrected chi connectivity index (χ4v) is 2.02. The number of hydrogen-bond donors (Lipinski definition) is 1. The highest BCUT2D eigenvalue weighted by atomic mass is 32.2. The molecule has 1 N–H and O–H groups in total. The van der Waals surface area contributed by atoms with Crippen LogP contribution in [0, 0.1) is 5.92 Å². The van der Waals surface area contributed by atoms with Crippen LogP contribution in [0.15, 0.2) is 18.2 Å². The summed E-state index contributed by atoms with van der Waals surface area (Å²) in [4.78, 5) is 0. The van der Waals surface area contributed by atoms with Gasteiger partial charge in [0.1, 0.15) is 5.75 Å². The van der Waals surface area contributed by atoms with Gasteiger partial charge in [-0.15, -0.1) is 0 Å². The molecular formula is C15H22F3NOS. The van der Waals surface area contributed by atoms with Gasteiger partial charge in [-0.1, -0.05) is 19.9 Å². The smallest absolute Gasteiger partial charge is 0.419 e. The largest absolute Gasteiger partial charge is 0.492 e. The molecule has 0 aliphatic rings. The molecule has 21 heavy (non-hydrogen) atoms. The summed E-state index contributed by atoms with van der Waals surface area (Å²) in [6, 6.07) is 4.26. The summed E-state index contributed by atoms with van der Waals surface area (Å²) in [5, 5.41) is 3.14. The highest BCUT2D eigenvalue weighted by Gasteiger charge is 2.34. The van der Waals surface area contributed by atoms with Gasteiger partial charge in [-0.3, -0.25) is 0 Å². The van der Waals surface area contributed by atoms with Crippen molar-refractivity contribution < 1.29 is 17.9 Å². The average molecular weight is 321 g/mol. The van der Waals surface area contributed by atoms with E-state index in [0.29, 0.717) is 23.8 Å². The van der Waals surface area contributed by atoms with Crippen LogP contribution in [-0.2, 0) is 12.7 Å². The van der Waals surface area contributed by atoms with E-state index in [1.165, 1.54) is 23.9 Å². The Labute approximate surface area is 128 Å². The van der Waals surface area contributed by atoms with Gasteiger partial charge in [0.05, 0.1) is 12.2 Å². The number of rotatable bonds is 8. The Kier molecular flexibility index (Phi) is 7.39. The van der Waals surface area contributed by atoms with E-state index in [-0.39, 0.29) is 12.4 Å². The average Bonchev–Trinajstić information content (AvgIpc) is 2.38. The highest BCUT2D eigenvalue weighted by molar-refractivity contribution is 7.98. The van der Waals surface area contributed by atoms with Crippen LogP contribution < -0.4 is 10.1 Å². The van der Waals surface area contributed by atoms with E-state index in [0.717, 1.165) is 6.54 Å². The first kappa shape index (κ1) is 18.2. The third-order valence-electron chi connectivity index (χ3n) is 2.78. The van der Waals surface area contributed by atoms with Crippen LogP contribution in [0.5, 0.6) is 5.75 Å². The molecule has 0 fully saturated rings. The van der Waals surface area contributed by atoms with Gasteiger partial charge in [-0.05, 0) is 36.4 Å². The number of benzene rings is 1. The van der Waals surface area contributed by atoms with E-state index in [1.807, 2.05) is 6.26 Å². The van der Waals surface area contributed by atoms with Crippen molar-refractivity contribution in [3.05, 3.63) is 29.3 Å². The molecule has 6 heteroatoms. The van der Waals surface area contributed by atoms with Gasteiger partial charge in [-0.25, -0.2) is 0 Å². The van der Waals surface area contributed by atoms with Crippen molar-refractivity contribution in [2.75, 3.05) is 25.2 Å². The zero-order chi connectivity index (χ0) is 15.9. The van der Waals surface area contributed by atoms with Crippen molar-refractivity contribution in [2.45, 2.75) is 26.6 Å². The second-order valence-electron chi connectivity index (χ2n) is 5.19. The van der Waals surface area contributed by atoms with Crippen molar-refractivity contribution >= 4 is 11.8 Å². The standard InChI is InChI=1S/C15H22F3NOS/c1-11(2)9-19-10-12-4-5-14(20-6-7-21-3)13(8-12)15(16,17)18/h4-5,8,11,19H,6-7,9-10H2,1-3H3. The third kappa shape index (κ3) is 6.61. The van der Waals surface area contributed by atoms with E-state index >= 15 is 0 Å². The molecule has 0 aromatic heterocycles. The molecule has 0 unspecified atom stereocenters. The Morgan fingerprint density at radius 2 is 2.00 bits per heavy atom. The molecule has 1 aromatic carbocycles. The number of hydrogen-bond acceptors (Lipinski definition) is 3. The molecule has 120 valence electrons. The molecule has 0 heterocycles. The third-order valence-corrected chi connectivity index (χ3v) is 3.35. The molecule has 1 aromatic rings. The van der Waals surface area contributed by atoms with Crippen LogP contribution in [-0.4, -0.2) is 25.2 Å². The molecule has 0 saturated heterocycles. The summed E-state index contributed by atoms with van der Waals surface area (Å²) >= 11 is 1.53. The molecule has 0 radical (unpaired) electrons. The maximum absolute atomic E-state index is 13.1. The van der Waals surface area contributed by atoms with Gasteiger partial charge in [-0.2, -0.15) is 24.9 Å². The summed E-state index contributed by atoms with van der Waals surface area (Å²) in [6.45, 7) is 5.57. The van der Waals surface area contributed by atoms with E-state index in [4.69, 9.17) is 4.74 Å². The van der Waals surface area contributed by atoms with E-state index in [2.05, 4.69) is 19.2 Å². The zero-order valence-corrected chi connectivity index (χ0v) is 13.4. The summed E-state index contributed by atoms with van der Waals surface area (Å²) in [5.41, 5.74) is -0.0901.